The van der Waals surface area contributed by atoms with Crippen molar-refractivity contribution < 1.29 is 33.4 Å². The summed E-state index contributed by atoms with van der Waals surface area (Å²) in [6.45, 7) is 8.87. The van der Waals surface area contributed by atoms with Crippen molar-refractivity contribution in [1.82, 2.24) is 39.6 Å². The van der Waals surface area contributed by atoms with Crippen LogP contribution in [0.3, 0.4) is 0 Å². The predicted octanol–water partition coefficient (Wildman–Crippen LogP) is 2.49. The molecule has 5 aliphatic rings. The number of nitrogens with one attached hydrogen (secondary N) is 2. The van der Waals surface area contributed by atoms with Gasteiger partial charge in [-0.2, -0.15) is 5.10 Å². The van der Waals surface area contributed by atoms with Gasteiger partial charge in [0.15, 0.2) is 5.65 Å². The molecular formula is C40H44N10O7. The summed E-state index contributed by atoms with van der Waals surface area (Å²) in [6, 6.07) is 6.85. The SMILES string of the molecule is COc1cc(N2CC(CN3CCC(N4Cc5cc(NC(=O)c6cnn7cccnc67)c(OC(C)C)nc5C4=O)CC3)C2)cc2c1C(=O)N(C1CCC(=O)NC1=O)C2. The van der Waals surface area contributed by atoms with Crippen LogP contribution in [-0.2, 0) is 22.7 Å². The first kappa shape index (κ1) is 36.5. The lowest BCUT2D eigenvalue weighted by atomic mass is 9.95. The summed E-state index contributed by atoms with van der Waals surface area (Å²) in [7, 11) is 1.55. The third-order valence-electron chi connectivity index (χ3n) is 11.6. The first-order valence-corrected chi connectivity index (χ1v) is 19.5. The number of carbonyl (C=O) groups is 5. The van der Waals surface area contributed by atoms with E-state index in [-0.39, 0.29) is 42.2 Å². The number of imide groups is 1. The number of benzene rings is 1. The highest BCUT2D eigenvalue weighted by Gasteiger charge is 2.42. The van der Waals surface area contributed by atoms with E-state index < -0.39 is 17.9 Å². The number of anilines is 2. The predicted molar refractivity (Wildman–Crippen MR) is 205 cm³/mol. The van der Waals surface area contributed by atoms with Crippen molar-refractivity contribution in [2.75, 3.05) is 50.1 Å². The van der Waals surface area contributed by atoms with Crippen molar-refractivity contribution in [2.24, 2.45) is 5.92 Å². The maximum Gasteiger partial charge on any atom is 0.273 e. The van der Waals surface area contributed by atoms with E-state index in [9.17, 15) is 24.0 Å². The standard InChI is InChI=1S/C40H44N10O7/c1-22(2)57-38-29(43-36(52)28-16-42-50-10-4-9-41-35(28)50)14-25-21-48(40(55)34(25)45-38)26-7-11-46(12-8-26)17-23-18-47(19-23)27-13-24-20-49(30-5-6-32(51)44-37(30)53)39(54)33(24)31(15-27)56-3/h4,9-10,13-16,22-23,26,30H,5-8,11-12,17-21H2,1-3H3,(H,43,52)(H,44,51,53). The Hall–Kier alpha value is -6.10. The summed E-state index contributed by atoms with van der Waals surface area (Å²) in [5, 5.41) is 9.51. The van der Waals surface area contributed by atoms with Crippen LogP contribution in [0.25, 0.3) is 5.65 Å². The van der Waals surface area contributed by atoms with Crippen LogP contribution in [0.4, 0.5) is 11.4 Å². The van der Waals surface area contributed by atoms with Gasteiger partial charge in [-0.05, 0) is 56.9 Å². The lowest BCUT2D eigenvalue weighted by Gasteiger charge is -2.45. The maximum atomic E-state index is 13.8. The van der Waals surface area contributed by atoms with Crippen molar-refractivity contribution >= 4 is 46.6 Å². The average Bonchev–Trinajstić information content (AvgIpc) is 3.86. The van der Waals surface area contributed by atoms with E-state index in [4.69, 9.17) is 9.47 Å². The summed E-state index contributed by atoms with van der Waals surface area (Å²) >= 11 is 0. The first-order valence-electron chi connectivity index (χ1n) is 19.5. The molecule has 0 radical (unpaired) electrons. The van der Waals surface area contributed by atoms with E-state index in [2.05, 4.69) is 35.5 Å². The summed E-state index contributed by atoms with van der Waals surface area (Å²) in [4.78, 5) is 81.9. The van der Waals surface area contributed by atoms with Crippen molar-refractivity contribution in [2.45, 2.75) is 70.8 Å². The Morgan fingerprint density at radius 1 is 1.00 bits per heavy atom. The Labute approximate surface area is 328 Å². The van der Waals surface area contributed by atoms with E-state index in [1.165, 1.54) is 10.7 Å². The second-order valence-corrected chi connectivity index (χ2v) is 15.7. The fourth-order valence-corrected chi connectivity index (χ4v) is 8.78. The van der Waals surface area contributed by atoms with Gasteiger partial charge in [-0.15, -0.1) is 0 Å². The lowest BCUT2D eigenvalue weighted by Crippen LogP contribution is -2.53. The van der Waals surface area contributed by atoms with Crippen LogP contribution in [0.15, 0.2) is 42.9 Å². The van der Waals surface area contributed by atoms with E-state index in [0.717, 1.165) is 62.4 Å². The normalized spacial score (nSPS) is 20.3. The van der Waals surface area contributed by atoms with Crippen LogP contribution in [0.2, 0.25) is 0 Å². The number of hydrogen-bond donors (Lipinski definition) is 2. The van der Waals surface area contributed by atoms with Gasteiger partial charge < -0.3 is 34.4 Å². The number of likely N-dealkylation sites (tertiary alicyclic amines) is 1. The molecule has 0 bridgehead atoms. The van der Waals surface area contributed by atoms with Crippen molar-refractivity contribution in [3.05, 3.63) is 70.8 Å². The summed E-state index contributed by atoms with van der Waals surface area (Å²) in [6.07, 6.45) is 6.76. The number of methoxy groups -OCH3 is 1. The van der Waals surface area contributed by atoms with Gasteiger partial charge in [-0.3, -0.25) is 29.3 Å². The molecule has 0 spiro atoms. The van der Waals surface area contributed by atoms with Gasteiger partial charge in [0.2, 0.25) is 17.7 Å². The number of nitrogens with zero attached hydrogens (tertiary/aromatic N) is 8. The Morgan fingerprint density at radius 2 is 1.79 bits per heavy atom. The number of hydrogen-bond acceptors (Lipinski definition) is 12. The monoisotopic (exact) mass is 776 g/mol. The summed E-state index contributed by atoms with van der Waals surface area (Å²) in [5.41, 5.74) is 4.52. The molecule has 8 heterocycles. The van der Waals surface area contributed by atoms with Gasteiger partial charge in [0.1, 0.15) is 28.7 Å². The van der Waals surface area contributed by atoms with Crippen LogP contribution in [0.1, 0.15) is 81.9 Å². The van der Waals surface area contributed by atoms with Crippen molar-refractivity contribution in [3.8, 4) is 11.6 Å². The van der Waals surface area contributed by atoms with Crippen LogP contribution < -0.4 is 25.0 Å². The maximum absolute atomic E-state index is 13.8. The molecule has 296 valence electrons. The van der Waals surface area contributed by atoms with Gasteiger partial charge in [-0.25, -0.2) is 14.5 Å². The van der Waals surface area contributed by atoms with Crippen LogP contribution in [-0.4, -0.2) is 122 Å². The van der Waals surface area contributed by atoms with Gasteiger partial charge in [0.05, 0.1) is 25.0 Å². The Bertz CT molecular complexity index is 2310. The van der Waals surface area contributed by atoms with E-state index >= 15 is 0 Å². The average molecular weight is 777 g/mol. The highest BCUT2D eigenvalue weighted by atomic mass is 16.5. The first-order chi connectivity index (χ1) is 27.5. The Kier molecular flexibility index (Phi) is 9.26. The molecule has 17 nitrogen and oxygen atoms in total. The molecule has 1 unspecified atom stereocenters. The van der Waals surface area contributed by atoms with Crippen LogP contribution >= 0.6 is 0 Å². The molecule has 3 aromatic heterocycles. The van der Waals surface area contributed by atoms with E-state index in [1.54, 1.807) is 36.5 Å². The molecule has 5 amide bonds. The van der Waals surface area contributed by atoms with E-state index in [1.807, 2.05) is 30.9 Å². The zero-order valence-corrected chi connectivity index (χ0v) is 32.1. The van der Waals surface area contributed by atoms with Gasteiger partial charge in [-0.1, -0.05) is 0 Å². The number of pyridine rings is 1. The molecule has 2 N–H and O–H groups in total. The van der Waals surface area contributed by atoms with Crippen LogP contribution in [0, 0.1) is 5.92 Å². The minimum absolute atomic E-state index is 0.0690. The molecular weight excluding hydrogens is 733 g/mol. The molecule has 5 aliphatic heterocycles. The van der Waals surface area contributed by atoms with Crippen LogP contribution in [0.5, 0.6) is 11.6 Å². The quantitative estimate of drug-likeness (QED) is 0.225. The molecule has 3 fully saturated rings. The Balaban J connectivity index is 0.801. The molecule has 0 aliphatic carbocycles. The zero-order valence-electron chi connectivity index (χ0n) is 32.1. The smallest absolute Gasteiger partial charge is 0.273 e. The minimum Gasteiger partial charge on any atom is -0.496 e. The number of ether oxygens (including phenoxy) is 2. The molecule has 4 aromatic rings. The number of amides is 5. The molecule has 57 heavy (non-hydrogen) atoms. The number of aromatic nitrogens is 4. The highest BCUT2D eigenvalue weighted by molar-refractivity contribution is 6.09. The number of carbonyl (C=O) groups excluding carboxylic acids is 5. The molecule has 1 atom stereocenters. The molecule has 1 aromatic carbocycles. The third kappa shape index (κ3) is 6.68. The fraction of sp³-hybridized carbons (Fsp3) is 0.450. The van der Waals surface area contributed by atoms with E-state index in [0.29, 0.717) is 59.3 Å². The molecule has 9 rings (SSSR count). The topological polar surface area (TPSA) is 184 Å². The second-order valence-electron chi connectivity index (χ2n) is 15.7. The summed E-state index contributed by atoms with van der Waals surface area (Å²) in [5.74, 6) is -0.362. The lowest BCUT2D eigenvalue weighted by molar-refractivity contribution is -0.136. The van der Waals surface area contributed by atoms with Crippen molar-refractivity contribution in [1.29, 1.82) is 0 Å². The molecule has 17 heteroatoms. The third-order valence-corrected chi connectivity index (χ3v) is 11.6. The van der Waals surface area contributed by atoms with Gasteiger partial charge >= 0.3 is 0 Å². The molecule has 0 saturated carbocycles. The van der Waals surface area contributed by atoms with Gasteiger partial charge in [0, 0.05) is 93.9 Å². The number of fused-ring (bicyclic) bond motifs is 3. The fourth-order valence-electron chi connectivity index (χ4n) is 8.78. The number of piperidine rings is 2. The number of rotatable bonds is 10. The molecule has 3 saturated heterocycles. The highest BCUT2D eigenvalue weighted by Crippen LogP contribution is 2.39. The Morgan fingerprint density at radius 3 is 2.54 bits per heavy atom. The van der Waals surface area contributed by atoms with Crippen molar-refractivity contribution in [3.63, 3.8) is 0 Å². The zero-order chi connectivity index (χ0) is 39.5. The second kappa shape index (κ2) is 14.4. The van der Waals surface area contributed by atoms with Gasteiger partial charge in [0.25, 0.3) is 17.7 Å². The largest absolute Gasteiger partial charge is 0.496 e. The minimum atomic E-state index is -0.679. The summed E-state index contributed by atoms with van der Waals surface area (Å²) < 4.78 is 13.2.